The molecule has 126 valence electrons. The molecule has 3 N–H and O–H groups in total. The minimum absolute atomic E-state index is 0.161. The van der Waals surface area contributed by atoms with Crippen LogP contribution in [0.3, 0.4) is 0 Å². The van der Waals surface area contributed by atoms with Crippen molar-refractivity contribution in [2.45, 2.75) is 18.6 Å². The topological polar surface area (TPSA) is 120 Å². The highest BCUT2D eigenvalue weighted by Gasteiger charge is 2.41. The molecule has 0 radical (unpaired) electrons. The molecule has 1 unspecified atom stereocenters. The van der Waals surface area contributed by atoms with Crippen molar-refractivity contribution < 1.29 is 14.6 Å². The van der Waals surface area contributed by atoms with E-state index in [0.717, 1.165) is 0 Å². The van der Waals surface area contributed by atoms with Crippen LogP contribution in [0.4, 0.5) is 0 Å². The van der Waals surface area contributed by atoms with E-state index < -0.39 is 17.6 Å². The number of nitrogens with zero attached hydrogens (tertiary/aromatic N) is 2. The van der Waals surface area contributed by atoms with Crippen LogP contribution in [-0.2, 0) is 4.79 Å². The van der Waals surface area contributed by atoms with Crippen LogP contribution < -0.4 is 10.5 Å². The largest absolute Gasteiger partial charge is 0.482 e. The summed E-state index contributed by atoms with van der Waals surface area (Å²) in [7, 11) is 0. The monoisotopic (exact) mass is 355 g/mol. The summed E-state index contributed by atoms with van der Waals surface area (Å²) in [5, 5.41) is 28.5. The van der Waals surface area contributed by atoms with E-state index in [0.29, 0.717) is 16.9 Å². The van der Waals surface area contributed by atoms with Gasteiger partial charge in [0.15, 0.2) is 11.7 Å². The Labute approximate surface area is 149 Å². The third-order valence-electron chi connectivity index (χ3n) is 3.66. The lowest BCUT2D eigenvalue weighted by molar-refractivity contribution is -0.144. The first-order chi connectivity index (χ1) is 11.8. The van der Waals surface area contributed by atoms with Crippen molar-refractivity contribution in [3.63, 3.8) is 0 Å². The molecule has 0 aliphatic carbocycles. The van der Waals surface area contributed by atoms with Crippen LogP contribution in [0.25, 0.3) is 0 Å². The van der Waals surface area contributed by atoms with Gasteiger partial charge in [0, 0.05) is 0 Å². The van der Waals surface area contributed by atoms with Gasteiger partial charge in [-0.25, -0.2) is 0 Å². The number of primary amides is 1. The molecule has 7 heteroatoms. The number of aliphatic hydroxyl groups is 1. The Kier molecular flexibility index (Phi) is 5.29. The van der Waals surface area contributed by atoms with Gasteiger partial charge < -0.3 is 15.6 Å². The van der Waals surface area contributed by atoms with Crippen molar-refractivity contribution in [2.24, 2.45) is 5.73 Å². The van der Waals surface area contributed by atoms with Crippen molar-refractivity contribution >= 4 is 17.5 Å². The van der Waals surface area contributed by atoms with E-state index in [2.05, 4.69) is 0 Å². The van der Waals surface area contributed by atoms with Crippen LogP contribution in [0.5, 0.6) is 5.75 Å². The van der Waals surface area contributed by atoms with Crippen molar-refractivity contribution in [3.8, 4) is 17.9 Å². The Morgan fingerprint density at radius 1 is 1.24 bits per heavy atom. The highest BCUT2D eigenvalue weighted by molar-refractivity contribution is 6.31. The van der Waals surface area contributed by atoms with Gasteiger partial charge in [0.1, 0.15) is 11.8 Å². The Morgan fingerprint density at radius 3 is 2.36 bits per heavy atom. The Bertz CT molecular complexity index is 880. The fourth-order valence-corrected chi connectivity index (χ4v) is 2.40. The molecule has 6 nitrogen and oxygen atoms in total. The van der Waals surface area contributed by atoms with E-state index in [1.165, 1.54) is 49.4 Å². The van der Waals surface area contributed by atoms with Gasteiger partial charge in [-0.15, -0.1) is 0 Å². The average Bonchev–Trinajstić information content (AvgIpc) is 2.59. The number of nitriles is 2. The second-order valence-electron chi connectivity index (χ2n) is 5.50. The normalized spacial score (nSPS) is 13.8. The van der Waals surface area contributed by atoms with Gasteiger partial charge in [-0.1, -0.05) is 17.7 Å². The quantitative estimate of drug-likeness (QED) is 0.853. The Hall–Kier alpha value is -3.06. The molecule has 2 aromatic rings. The predicted molar refractivity (Wildman–Crippen MR) is 90.5 cm³/mol. The SMILES string of the molecule is C[C@](O)(C(N)=O)C(Oc1ccc(C#N)cc1)c1ccc(C#N)c(Cl)c1. The number of hydrogen-bond donors (Lipinski definition) is 2. The molecule has 0 fully saturated rings. The molecular formula is C18H14ClN3O3. The maximum atomic E-state index is 11.7. The molecule has 0 aliphatic rings. The summed E-state index contributed by atoms with van der Waals surface area (Å²) in [6, 6.07) is 14.5. The number of hydrogen-bond acceptors (Lipinski definition) is 5. The van der Waals surface area contributed by atoms with Gasteiger partial charge in [0.25, 0.3) is 5.91 Å². The Balaban J connectivity index is 2.46. The summed E-state index contributed by atoms with van der Waals surface area (Å²) in [5.41, 5.74) is 4.33. The number of carbonyl (C=O) groups excluding carboxylic acids is 1. The molecule has 25 heavy (non-hydrogen) atoms. The van der Waals surface area contributed by atoms with Crippen LogP contribution in [0.2, 0.25) is 5.02 Å². The van der Waals surface area contributed by atoms with E-state index >= 15 is 0 Å². The maximum Gasteiger partial charge on any atom is 0.253 e. The minimum atomic E-state index is -2.04. The van der Waals surface area contributed by atoms with Gasteiger partial charge in [-0.3, -0.25) is 4.79 Å². The summed E-state index contributed by atoms with van der Waals surface area (Å²) in [4.78, 5) is 11.7. The molecule has 2 atom stereocenters. The minimum Gasteiger partial charge on any atom is -0.482 e. The number of nitrogens with two attached hydrogens (primary N) is 1. The summed E-state index contributed by atoms with van der Waals surface area (Å²) in [6.45, 7) is 1.23. The van der Waals surface area contributed by atoms with Gasteiger partial charge in [-0.05, 0) is 48.9 Å². The molecule has 1 amide bonds. The van der Waals surface area contributed by atoms with E-state index in [1.807, 2.05) is 12.1 Å². The lowest BCUT2D eigenvalue weighted by atomic mass is 9.91. The van der Waals surface area contributed by atoms with E-state index in [9.17, 15) is 9.90 Å². The highest BCUT2D eigenvalue weighted by atomic mass is 35.5. The molecule has 0 heterocycles. The molecular weight excluding hydrogens is 342 g/mol. The van der Waals surface area contributed by atoms with Crippen molar-refractivity contribution in [3.05, 3.63) is 64.2 Å². The molecule has 0 saturated heterocycles. The van der Waals surface area contributed by atoms with E-state index in [4.69, 9.17) is 32.6 Å². The van der Waals surface area contributed by atoms with Crippen LogP contribution in [0.15, 0.2) is 42.5 Å². The molecule has 2 rings (SSSR count). The average molecular weight is 356 g/mol. The standard InChI is InChI=1S/C18H14ClN3O3/c1-18(24,17(22)23)16(12-4-5-13(10-21)15(19)8-12)25-14-6-2-11(9-20)3-7-14/h2-8,16,24H,1H3,(H2,22,23)/t16?,18-/m1/s1. The first kappa shape index (κ1) is 18.3. The maximum absolute atomic E-state index is 11.7. The van der Waals surface area contributed by atoms with E-state index in [1.54, 1.807) is 0 Å². The van der Waals surface area contributed by atoms with Gasteiger partial charge in [-0.2, -0.15) is 10.5 Å². The zero-order valence-electron chi connectivity index (χ0n) is 13.2. The second kappa shape index (κ2) is 7.23. The fourth-order valence-electron chi connectivity index (χ4n) is 2.17. The summed E-state index contributed by atoms with van der Waals surface area (Å²) >= 11 is 6.03. The van der Waals surface area contributed by atoms with Gasteiger partial charge in [0.05, 0.1) is 22.2 Å². The van der Waals surface area contributed by atoms with Crippen LogP contribution in [0.1, 0.15) is 29.7 Å². The molecule has 0 spiro atoms. The van der Waals surface area contributed by atoms with Crippen molar-refractivity contribution in [2.75, 3.05) is 0 Å². The van der Waals surface area contributed by atoms with Crippen molar-refractivity contribution in [1.82, 2.24) is 0 Å². The lowest BCUT2D eigenvalue weighted by Crippen LogP contribution is -2.48. The number of carbonyl (C=O) groups is 1. The zero-order chi connectivity index (χ0) is 18.6. The van der Waals surface area contributed by atoms with Gasteiger partial charge in [0.2, 0.25) is 0 Å². The molecule has 2 aromatic carbocycles. The first-order valence-corrected chi connectivity index (χ1v) is 7.56. The predicted octanol–water partition coefficient (Wildman–Crippen LogP) is 2.44. The van der Waals surface area contributed by atoms with E-state index in [-0.39, 0.29) is 10.6 Å². The Morgan fingerprint density at radius 2 is 1.88 bits per heavy atom. The van der Waals surface area contributed by atoms with Gasteiger partial charge >= 0.3 is 0 Å². The van der Waals surface area contributed by atoms with Crippen LogP contribution in [-0.4, -0.2) is 16.6 Å². The second-order valence-corrected chi connectivity index (χ2v) is 5.90. The smallest absolute Gasteiger partial charge is 0.253 e. The lowest BCUT2D eigenvalue weighted by Gasteiger charge is -2.31. The third-order valence-corrected chi connectivity index (χ3v) is 3.98. The number of ether oxygens (including phenoxy) is 1. The van der Waals surface area contributed by atoms with Crippen LogP contribution >= 0.6 is 11.6 Å². The fraction of sp³-hybridized carbons (Fsp3) is 0.167. The molecule has 0 bridgehead atoms. The first-order valence-electron chi connectivity index (χ1n) is 7.18. The molecule has 0 saturated carbocycles. The zero-order valence-corrected chi connectivity index (χ0v) is 14.0. The molecule has 0 aromatic heterocycles. The number of benzene rings is 2. The summed E-state index contributed by atoms with van der Waals surface area (Å²) in [6.07, 6.45) is -1.16. The number of amides is 1. The number of halogens is 1. The number of rotatable bonds is 5. The molecule has 0 aliphatic heterocycles. The van der Waals surface area contributed by atoms with Crippen molar-refractivity contribution in [1.29, 1.82) is 10.5 Å². The van der Waals surface area contributed by atoms with Crippen LogP contribution in [0, 0.1) is 22.7 Å². The summed E-state index contributed by atoms with van der Waals surface area (Å²) in [5.74, 6) is -0.655. The highest BCUT2D eigenvalue weighted by Crippen LogP contribution is 2.33. The summed E-state index contributed by atoms with van der Waals surface area (Å²) < 4.78 is 5.75. The third kappa shape index (κ3) is 3.89.